The number of amides is 3. The molecule has 3 aromatic rings. The van der Waals surface area contributed by atoms with E-state index in [0.717, 1.165) is 46.7 Å². The Labute approximate surface area is 171 Å². The van der Waals surface area contributed by atoms with Gasteiger partial charge in [0.25, 0.3) is 5.91 Å². The zero-order valence-electron chi connectivity index (χ0n) is 15.2. The van der Waals surface area contributed by atoms with E-state index in [0.29, 0.717) is 6.42 Å². The van der Waals surface area contributed by atoms with Crippen LogP contribution in [-0.4, -0.2) is 21.8 Å². The van der Waals surface area contributed by atoms with Crippen LogP contribution in [0, 0.1) is 0 Å². The first-order valence-corrected chi connectivity index (χ1v) is 11.2. The van der Waals surface area contributed by atoms with Crippen molar-refractivity contribution in [3.8, 4) is 10.6 Å². The van der Waals surface area contributed by atoms with E-state index in [9.17, 15) is 9.59 Å². The molecule has 5 rings (SSSR count). The number of thiazole rings is 1. The molecule has 1 spiro atoms. The molecule has 2 aromatic heterocycles. The van der Waals surface area contributed by atoms with Crippen molar-refractivity contribution >= 4 is 34.6 Å². The van der Waals surface area contributed by atoms with Crippen molar-refractivity contribution in [1.29, 1.82) is 0 Å². The molecule has 0 unspecified atom stereocenters. The van der Waals surface area contributed by atoms with Gasteiger partial charge in [0.15, 0.2) is 0 Å². The molecule has 1 aliphatic carbocycles. The number of hydrogen-bond acceptors (Lipinski definition) is 5. The van der Waals surface area contributed by atoms with Crippen molar-refractivity contribution in [2.24, 2.45) is 0 Å². The fraction of sp³-hybridized carbons (Fsp3) is 0.286. The standard InChI is InChI=1S/C21H19N3O2S2/c25-19-21(9-4-3-6-14-5-1-2-7-17(14)21)23-20(26)24(19)11-16-13-28-18(22-16)15-8-10-27-12-15/h1-2,5,7-8,10,12-13H,3-4,6,9,11H2,(H,23,26)/t21-/m1/s1. The van der Waals surface area contributed by atoms with Crippen LogP contribution in [0.4, 0.5) is 4.79 Å². The number of thiophene rings is 1. The van der Waals surface area contributed by atoms with Crippen molar-refractivity contribution in [3.63, 3.8) is 0 Å². The number of nitrogens with zero attached hydrogens (tertiary/aromatic N) is 2. The second-order valence-electron chi connectivity index (χ2n) is 7.25. The first-order valence-electron chi connectivity index (χ1n) is 9.37. The topological polar surface area (TPSA) is 62.3 Å². The molecule has 1 saturated heterocycles. The van der Waals surface area contributed by atoms with E-state index >= 15 is 0 Å². The van der Waals surface area contributed by atoms with Crippen LogP contribution >= 0.6 is 22.7 Å². The van der Waals surface area contributed by atoms with Gasteiger partial charge in [-0.25, -0.2) is 9.78 Å². The van der Waals surface area contributed by atoms with E-state index in [-0.39, 0.29) is 18.5 Å². The highest BCUT2D eigenvalue weighted by Gasteiger charge is 2.53. The molecule has 0 radical (unpaired) electrons. The number of fused-ring (bicyclic) bond motifs is 2. The van der Waals surface area contributed by atoms with E-state index in [1.165, 1.54) is 16.2 Å². The molecule has 1 atom stereocenters. The summed E-state index contributed by atoms with van der Waals surface area (Å²) in [6.45, 7) is 0.204. The fourth-order valence-electron chi connectivity index (χ4n) is 4.18. The van der Waals surface area contributed by atoms with Crippen molar-refractivity contribution in [2.45, 2.75) is 37.8 Å². The third-order valence-corrected chi connectivity index (χ3v) is 7.16. The molecule has 1 fully saturated rings. The molecule has 1 N–H and O–H groups in total. The van der Waals surface area contributed by atoms with Crippen molar-refractivity contribution in [1.82, 2.24) is 15.2 Å². The van der Waals surface area contributed by atoms with Gasteiger partial charge < -0.3 is 5.32 Å². The molecule has 28 heavy (non-hydrogen) atoms. The minimum Gasteiger partial charge on any atom is -0.319 e. The van der Waals surface area contributed by atoms with Crippen LogP contribution in [0.3, 0.4) is 0 Å². The largest absolute Gasteiger partial charge is 0.325 e. The number of carbonyl (C=O) groups excluding carboxylic acids is 2. The Bertz CT molecular complexity index is 1040. The van der Waals surface area contributed by atoms with Gasteiger partial charge in [0.2, 0.25) is 0 Å². The molecule has 2 aliphatic rings. The van der Waals surface area contributed by atoms with Gasteiger partial charge in [0.05, 0.1) is 12.2 Å². The lowest BCUT2D eigenvalue weighted by molar-refractivity contribution is -0.132. The normalized spacial score (nSPS) is 21.6. The van der Waals surface area contributed by atoms with Crippen LogP contribution in [0.2, 0.25) is 0 Å². The molecule has 7 heteroatoms. The molecule has 1 aromatic carbocycles. The van der Waals surface area contributed by atoms with E-state index in [4.69, 9.17) is 0 Å². The molecule has 1 aliphatic heterocycles. The second-order valence-corrected chi connectivity index (χ2v) is 8.89. The summed E-state index contributed by atoms with van der Waals surface area (Å²) >= 11 is 3.16. The Morgan fingerprint density at radius 2 is 2.04 bits per heavy atom. The summed E-state index contributed by atoms with van der Waals surface area (Å²) in [7, 11) is 0. The molecule has 3 heterocycles. The SMILES string of the molecule is O=C1N[C@@]2(CCCCc3ccccc32)C(=O)N1Cc1csc(-c2ccsc2)n1. The second kappa shape index (κ2) is 6.83. The number of hydrogen-bond donors (Lipinski definition) is 1. The van der Waals surface area contributed by atoms with Crippen LogP contribution in [0.5, 0.6) is 0 Å². The Morgan fingerprint density at radius 1 is 1.14 bits per heavy atom. The van der Waals surface area contributed by atoms with Crippen LogP contribution in [-0.2, 0) is 23.3 Å². The van der Waals surface area contributed by atoms with Gasteiger partial charge in [-0.1, -0.05) is 24.3 Å². The first-order chi connectivity index (χ1) is 13.7. The zero-order chi connectivity index (χ0) is 19.1. The Hall–Kier alpha value is -2.51. The number of urea groups is 1. The average Bonchev–Trinajstić information content (AvgIpc) is 3.40. The lowest BCUT2D eigenvalue weighted by Crippen LogP contribution is -2.44. The summed E-state index contributed by atoms with van der Waals surface area (Å²) in [6, 6.07) is 9.70. The van der Waals surface area contributed by atoms with E-state index in [1.807, 2.05) is 40.4 Å². The lowest BCUT2D eigenvalue weighted by atomic mass is 9.84. The van der Waals surface area contributed by atoms with Crippen LogP contribution in [0.25, 0.3) is 10.6 Å². The van der Waals surface area contributed by atoms with Crippen molar-refractivity contribution in [3.05, 3.63) is 63.3 Å². The highest BCUT2D eigenvalue weighted by Crippen LogP contribution is 2.39. The van der Waals surface area contributed by atoms with Crippen LogP contribution in [0.15, 0.2) is 46.5 Å². The maximum Gasteiger partial charge on any atom is 0.325 e. The molecule has 3 amide bonds. The van der Waals surface area contributed by atoms with E-state index in [2.05, 4.69) is 16.4 Å². The Balaban J connectivity index is 1.45. The maximum atomic E-state index is 13.5. The molecule has 5 nitrogen and oxygen atoms in total. The number of aryl methyl sites for hydroxylation is 1. The van der Waals surface area contributed by atoms with Gasteiger partial charge in [0, 0.05) is 16.3 Å². The predicted molar refractivity (Wildman–Crippen MR) is 110 cm³/mol. The average molecular weight is 410 g/mol. The maximum absolute atomic E-state index is 13.5. The highest BCUT2D eigenvalue weighted by molar-refractivity contribution is 7.14. The summed E-state index contributed by atoms with van der Waals surface area (Å²) in [6.07, 6.45) is 3.52. The summed E-state index contributed by atoms with van der Waals surface area (Å²) in [5.74, 6) is -0.156. The third-order valence-electron chi connectivity index (χ3n) is 5.54. The third kappa shape index (κ3) is 2.77. The lowest BCUT2D eigenvalue weighted by Gasteiger charge is -2.27. The number of aromatic nitrogens is 1. The van der Waals surface area contributed by atoms with Gasteiger partial charge >= 0.3 is 6.03 Å². The van der Waals surface area contributed by atoms with E-state index < -0.39 is 5.54 Å². The van der Waals surface area contributed by atoms with Crippen LogP contribution in [0.1, 0.15) is 36.1 Å². The quantitative estimate of drug-likeness (QED) is 0.646. The monoisotopic (exact) mass is 409 g/mol. The number of carbonyl (C=O) groups is 2. The molecule has 0 saturated carbocycles. The molecule has 142 valence electrons. The van der Waals surface area contributed by atoms with E-state index in [1.54, 1.807) is 11.3 Å². The van der Waals surface area contributed by atoms with Gasteiger partial charge in [-0.3, -0.25) is 9.69 Å². The number of benzene rings is 1. The fourth-order valence-corrected chi connectivity index (χ4v) is 5.70. The summed E-state index contributed by atoms with van der Waals surface area (Å²) in [5.41, 5.74) is 2.99. The van der Waals surface area contributed by atoms with Gasteiger partial charge in [-0.05, 0) is 48.3 Å². The molecular formula is C21H19N3O2S2. The van der Waals surface area contributed by atoms with Crippen molar-refractivity contribution in [2.75, 3.05) is 0 Å². The highest BCUT2D eigenvalue weighted by atomic mass is 32.1. The minimum atomic E-state index is -0.934. The van der Waals surface area contributed by atoms with Gasteiger partial charge in [-0.2, -0.15) is 11.3 Å². The number of nitrogens with one attached hydrogen (secondary N) is 1. The van der Waals surface area contributed by atoms with Gasteiger partial charge in [-0.15, -0.1) is 11.3 Å². The number of imide groups is 1. The number of rotatable bonds is 3. The van der Waals surface area contributed by atoms with Gasteiger partial charge in [0.1, 0.15) is 10.5 Å². The summed E-state index contributed by atoms with van der Waals surface area (Å²) < 4.78 is 0. The first kappa shape index (κ1) is 17.6. The Morgan fingerprint density at radius 3 is 2.89 bits per heavy atom. The van der Waals surface area contributed by atoms with Crippen molar-refractivity contribution < 1.29 is 9.59 Å². The molecule has 0 bridgehead atoms. The predicted octanol–water partition coefficient (Wildman–Crippen LogP) is 4.55. The van der Waals surface area contributed by atoms with Crippen LogP contribution < -0.4 is 5.32 Å². The summed E-state index contributed by atoms with van der Waals surface area (Å²) in [4.78, 5) is 32.2. The smallest absolute Gasteiger partial charge is 0.319 e. The minimum absolute atomic E-state index is 0.156. The zero-order valence-corrected chi connectivity index (χ0v) is 16.8. The Kier molecular flexibility index (Phi) is 4.29. The summed E-state index contributed by atoms with van der Waals surface area (Å²) in [5, 5.41) is 9.94. The molecular weight excluding hydrogens is 390 g/mol.